The summed E-state index contributed by atoms with van der Waals surface area (Å²) in [6.45, 7) is 2.75. The third kappa shape index (κ3) is 3.90. The maximum absolute atomic E-state index is 12.2. The van der Waals surface area contributed by atoms with Gasteiger partial charge in [-0.15, -0.1) is 0 Å². The molecule has 21 heavy (non-hydrogen) atoms. The van der Waals surface area contributed by atoms with Crippen LogP contribution in [0.3, 0.4) is 0 Å². The minimum Gasteiger partial charge on any atom is -0.351 e. The molecule has 1 aromatic heterocycles. The van der Waals surface area contributed by atoms with Gasteiger partial charge < -0.3 is 5.32 Å². The van der Waals surface area contributed by atoms with Gasteiger partial charge in [-0.25, -0.2) is 0 Å². The van der Waals surface area contributed by atoms with Gasteiger partial charge in [0.05, 0.1) is 5.52 Å². The monoisotopic (exact) mass is 287 g/mol. The SMILES string of the molecule is CCCCCCCNC(=O)c1n[nH]c2ccccc2c1=O. The number of benzene rings is 1. The van der Waals surface area contributed by atoms with Crippen LogP contribution < -0.4 is 10.7 Å². The van der Waals surface area contributed by atoms with Gasteiger partial charge in [0.15, 0.2) is 5.69 Å². The number of aromatic nitrogens is 2. The zero-order valence-corrected chi connectivity index (χ0v) is 12.3. The Morgan fingerprint density at radius 1 is 1.19 bits per heavy atom. The van der Waals surface area contributed by atoms with Crippen molar-refractivity contribution in [1.29, 1.82) is 0 Å². The molecule has 1 aromatic carbocycles. The Balaban J connectivity index is 1.97. The molecule has 5 nitrogen and oxygen atoms in total. The van der Waals surface area contributed by atoms with Crippen molar-refractivity contribution in [2.24, 2.45) is 0 Å². The number of hydrogen-bond acceptors (Lipinski definition) is 3. The van der Waals surface area contributed by atoms with E-state index in [0.29, 0.717) is 17.4 Å². The number of aromatic amines is 1. The molecule has 0 bridgehead atoms. The van der Waals surface area contributed by atoms with Crippen molar-refractivity contribution in [2.75, 3.05) is 6.54 Å². The lowest BCUT2D eigenvalue weighted by atomic mass is 10.1. The van der Waals surface area contributed by atoms with E-state index < -0.39 is 5.91 Å². The van der Waals surface area contributed by atoms with Crippen LogP contribution in [0.25, 0.3) is 10.9 Å². The van der Waals surface area contributed by atoms with E-state index in [1.807, 2.05) is 6.07 Å². The van der Waals surface area contributed by atoms with Gasteiger partial charge >= 0.3 is 0 Å². The third-order valence-electron chi connectivity index (χ3n) is 3.46. The Bertz CT molecular complexity index is 664. The van der Waals surface area contributed by atoms with Crippen LogP contribution in [0.15, 0.2) is 29.1 Å². The van der Waals surface area contributed by atoms with Crippen LogP contribution in [0.5, 0.6) is 0 Å². The first-order valence-corrected chi connectivity index (χ1v) is 7.49. The number of nitrogens with one attached hydrogen (secondary N) is 2. The topological polar surface area (TPSA) is 74.8 Å². The summed E-state index contributed by atoms with van der Waals surface area (Å²) in [5.74, 6) is -0.405. The van der Waals surface area contributed by atoms with E-state index in [9.17, 15) is 9.59 Å². The molecule has 0 aliphatic heterocycles. The van der Waals surface area contributed by atoms with Crippen LogP contribution in [0, 0.1) is 0 Å². The Kier molecular flexibility index (Phi) is 5.49. The molecule has 1 amide bonds. The van der Waals surface area contributed by atoms with Crippen LogP contribution in [0.4, 0.5) is 0 Å². The number of hydrogen-bond donors (Lipinski definition) is 2. The maximum Gasteiger partial charge on any atom is 0.275 e. The van der Waals surface area contributed by atoms with Crippen molar-refractivity contribution in [3.63, 3.8) is 0 Å². The standard InChI is InChI=1S/C16H21N3O2/c1-2-3-4-5-8-11-17-16(21)14-15(20)12-9-6-7-10-13(12)18-19-14/h6-7,9-10H,2-5,8,11H2,1H3,(H,17,21)(H,18,20). The second-order valence-electron chi connectivity index (χ2n) is 5.12. The highest BCUT2D eigenvalue weighted by atomic mass is 16.2. The zero-order valence-electron chi connectivity index (χ0n) is 12.3. The summed E-state index contributed by atoms with van der Waals surface area (Å²) in [4.78, 5) is 24.2. The molecule has 0 saturated carbocycles. The predicted octanol–water partition coefficient (Wildman–Crippen LogP) is 2.62. The fourth-order valence-corrected chi connectivity index (χ4v) is 2.24. The van der Waals surface area contributed by atoms with Gasteiger partial charge in [-0.1, -0.05) is 44.7 Å². The second-order valence-corrected chi connectivity index (χ2v) is 5.12. The fourth-order valence-electron chi connectivity index (χ4n) is 2.24. The molecular formula is C16H21N3O2. The van der Waals surface area contributed by atoms with E-state index in [-0.39, 0.29) is 11.1 Å². The van der Waals surface area contributed by atoms with Crippen LogP contribution in [-0.4, -0.2) is 22.6 Å². The van der Waals surface area contributed by atoms with E-state index in [2.05, 4.69) is 22.4 Å². The van der Waals surface area contributed by atoms with Crippen molar-refractivity contribution >= 4 is 16.8 Å². The molecule has 0 saturated heterocycles. The Morgan fingerprint density at radius 3 is 2.76 bits per heavy atom. The Hall–Kier alpha value is -2.17. The van der Waals surface area contributed by atoms with Crippen molar-refractivity contribution in [1.82, 2.24) is 15.5 Å². The van der Waals surface area contributed by atoms with Crippen molar-refractivity contribution in [3.8, 4) is 0 Å². The number of amides is 1. The van der Waals surface area contributed by atoms with Crippen LogP contribution in [-0.2, 0) is 0 Å². The number of carbonyl (C=O) groups is 1. The molecule has 0 unspecified atom stereocenters. The van der Waals surface area contributed by atoms with Gasteiger partial charge in [0.1, 0.15) is 0 Å². The van der Waals surface area contributed by atoms with Gasteiger partial charge in [-0.3, -0.25) is 14.7 Å². The Morgan fingerprint density at radius 2 is 1.95 bits per heavy atom. The molecule has 2 aromatic rings. The van der Waals surface area contributed by atoms with Crippen molar-refractivity contribution < 1.29 is 4.79 Å². The highest BCUT2D eigenvalue weighted by Crippen LogP contribution is 2.05. The van der Waals surface area contributed by atoms with E-state index in [0.717, 1.165) is 12.8 Å². The number of rotatable bonds is 7. The van der Waals surface area contributed by atoms with E-state index >= 15 is 0 Å². The minimum atomic E-state index is -0.405. The largest absolute Gasteiger partial charge is 0.351 e. The van der Waals surface area contributed by atoms with E-state index in [1.54, 1.807) is 18.2 Å². The smallest absolute Gasteiger partial charge is 0.275 e. The molecule has 112 valence electrons. The summed E-state index contributed by atoms with van der Waals surface area (Å²) < 4.78 is 0. The summed E-state index contributed by atoms with van der Waals surface area (Å²) in [6, 6.07) is 7.04. The first kappa shape index (κ1) is 15.2. The lowest BCUT2D eigenvalue weighted by Gasteiger charge is -2.05. The van der Waals surface area contributed by atoms with Gasteiger partial charge in [0.2, 0.25) is 5.43 Å². The van der Waals surface area contributed by atoms with Gasteiger partial charge in [-0.05, 0) is 18.6 Å². The number of para-hydroxylation sites is 1. The summed E-state index contributed by atoms with van der Waals surface area (Å²) in [7, 11) is 0. The van der Waals surface area contributed by atoms with Gasteiger partial charge in [-0.2, -0.15) is 5.10 Å². The predicted molar refractivity (Wildman–Crippen MR) is 83.5 cm³/mol. The van der Waals surface area contributed by atoms with Crippen molar-refractivity contribution in [3.05, 3.63) is 40.2 Å². The number of fused-ring (bicyclic) bond motifs is 1. The summed E-state index contributed by atoms with van der Waals surface area (Å²) in [6.07, 6.45) is 5.62. The molecular weight excluding hydrogens is 266 g/mol. The highest BCUT2D eigenvalue weighted by molar-refractivity contribution is 5.95. The average Bonchev–Trinajstić information content (AvgIpc) is 2.51. The normalized spacial score (nSPS) is 10.7. The highest BCUT2D eigenvalue weighted by Gasteiger charge is 2.13. The summed E-state index contributed by atoms with van der Waals surface area (Å²) in [5, 5.41) is 9.88. The quantitative estimate of drug-likeness (QED) is 0.769. The molecule has 2 N–H and O–H groups in total. The number of nitrogens with zero attached hydrogens (tertiary/aromatic N) is 1. The Labute approximate surface area is 123 Å². The molecule has 2 rings (SSSR count). The number of carbonyl (C=O) groups excluding carboxylic acids is 1. The molecule has 0 aliphatic carbocycles. The summed E-state index contributed by atoms with van der Waals surface area (Å²) in [5.41, 5.74) is 0.244. The first-order chi connectivity index (χ1) is 10.2. The molecule has 0 atom stereocenters. The zero-order chi connectivity index (χ0) is 15.1. The lowest BCUT2D eigenvalue weighted by molar-refractivity contribution is 0.0946. The van der Waals surface area contributed by atoms with E-state index in [1.165, 1.54) is 19.3 Å². The van der Waals surface area contributed by atoms with Crippen LogP contribution in [0.1, 0.15) is 49.5 Å². The second kappa shape index (κ2) is 7.57. The molecule has 0 radical (unpaired) electrons. The number of unbranched alkanes of at least 4 members (excludes halogenated alkanes) is 4. The first-order valence-electron chi connectivity index (χ1n) is 7.49. The van der Waals surface area contributed by atoms with Gasteiger partial charge in [0.25, 0.3) is 5.91 Å². The lowest BCUT2D eigenvalue weighted by Crippen LogP contribution is -2.31. The maximum atomic E-state index is 12.2. The molecule has 1 heterocycles. The fraction of sp³-hybridized carbons (Fsp3) is 0.438. The summed E-state index contributed by atoms with van der Waals surface area (Å²) >= 11 is 0. The van der Waals surface area contributed by atoms with E-state index in [4.69, 9.17) is 0 Å². The molecule has 0 aliphatic rings. The van der Waals surface area contributed by atoms with Crippen molar-refractivity contribution in [2.45, 2.75) is 39.0 Å². The molecule has 5 heteroatoms. The molecule has 0 fully saturated rings. The minimum absolute atomic E-state index is 0.0674. The number of H-pyrrole nitrogens is 1. The average molecular weight is 287 g/mol. The van der Waals surface area contributed by atoms with Gasteiger partial charge in [0, 0.05) is 11.9 Å². The van der Waals surface area contributed by atoms with Crippen LogP contribution >= 0.6 is 0 Å². The van der Waals surface area contributed by atoms with Crippen LogP contribution in [0.2, 0.25) is 0 Å². The third-order valence-corrected chi connectivity index (χ3v) is 3.46. The molecule has 0 spiro atoms.